The first-order chi connectivity index (χ1) is 14.9. The molecular formula is C21H33IN6O3S. The van der Waals surface area contributed by atoms with Crippen LogP contribution in [-0.4, -0.2) is 69.0 Å². The Hall–Kier alpha value is -1.70. The summed E-state index contributed by atoms with van der Waals surface area (Å²) in [6.45, 7) is 5.58. The van der Waals surface area contributed by atoms with E-state index in [1.807, 2.05) is 30.9 Å². The van der Waals surface area contributed by atoms with Gasteiger partial charge in [0.05, 0.1) is 24.2 Å². The summed E-state index contributed by atoms with van der Waals surface area (Å²) in [6, 6.07) is 6.90. The number of aromatic nitrogens is 2. The number of guanidine groups is 1. The first-order valence-electron chi connectivity index (χ1n) is 10.5. The van der Waals surface area contributed by atoms with Crippen molar-refractivity contribution in [1.82, 2.24) is 24.7 Å². The molecule has 1 aromatic carbocycles. The lowest BCUT2D eigenvalue weighted by Crippen LogP contribution is -2.40. The molecule has 1 aliphatic heterocycles. The van der Waals surface area contributed by atoms with Gasteiger partial charge in [0.1, 0.15) is 0 Å². The zero-order chi connectivity index (χ0) is 22.3. The molecule has 1 unspecified atom stereocenters. The maximum absolute atomic E-state index is 12.5. The molecule has 1 fully saturated rings. The highest BCUT2D eigenvalue weighted by Crippen LogP contribution is 2.26. The van der Waals surface area contributed by atoms with Gasteiger partial charge in [-0.3, -0.25) is 4.68 Å². The Bertz CT molecular complexity index is 995. The molecular weight excluding hydrogens is 543 g/mol. The third-order valence-corrected chi connectivity index (χ3v) is 6.70. The molecule has 32 heavy (non-hydrogen) atoms. The molecule has 2 N–H and O–H groups in total. The number of aryl methyl sites for hydroxylation is 1. The second kappa shape index (κ2) is 12.5. The van der Waals surface area contributed by atoms with Crippen molar-refractivity contribution in [1.29, 1.82) is 0 Å². The number of likely N-dealkylation sites (tertiary alicyclic amines) is 1. The van der Waals surface area contributed by atoms with Gasteiger partial charge in [0.25, 0.3) is 0 Å². The van der Waals surface area contributed by atoms with Crippen LogP contribution in [0.15, 0.2) is 46.5 Å². The van der Waals surface area contributed by atoms with E-state index < -0.39 is 10.0 Å². The predicted molar refractivity (Wildman–Crippen MR) is 136 cm³/mol. The van der Waals surface area contributed by atoms with Gasteiger partial charge in [-0.1, -0.05) is 12.1 Å². The molecule has 11 heteroatoms. The van der Waals surface area contributed by atoms with Gasteiger partial charge in [0, 0.05) is 52.5 Å². The monoisotopic (exact) mass is 576 g/mol. The first-order valence-corrected chi connectivity index (χ1v) is 12.0. The number of rotatable bonds is 9. The number of ether oxygens (including phenoxy) is 1. The molecule has 2 aromatic rings. The molecule has 9 nitrogen and oxygen atoms in total. The molecule has 178 valence electrons. The van der Waals surface area contributed by atoms with Crippen molar-refractivity contribution in [2.24, 2.45) is 12.0 Å². The van der Waals surface area contributed by atoms with E-state index >= 15 is 0 Å². The number of halogens is 1. The van der Waals surface area contributed by atoms with E-state index in [1.165, 1.54) is 12.7 Å². The van der Waals surface area contributed by atoms with Crippen LogP contribution in [-0.2, 0) is 28.4 Å². The van der Waals surface area contributed by atoms with E-state index in [4.69, 9.17) is 9.73 Å². The van der Waals surface area contributed by atoms with E-state index in [-0.39, 0.29) is 35.4 Å². The van der Waals surface area contributed by atoms with E-state index in [0.717, 1.165) is 37.6 Å². The molecule has 3 rings (SSSR count). The first kappa shape index (κ1) is 26.6. The Labute approximate surface area is 207 Å². The summed E-state index contributed by atoms with van der Waals surface area (Å²) in [5, 5.41) is 7.65. The summed E-state index contributed by atoms with van der Waals surface area (Å²) < 4.78 is 34.2. The standard InChI is InChI=1S/C21H32N6O3S.HI/c1-4-22-21(27-10-8-18(16-27)19-14-24-26(2)15-19)23-13-17-6-5-7-20(12-17)31(28,29)25-9-11-30-3;/h5-7,12,14-15,18,25H,4,8-11,13,16H2,1-3H3,(H,22,23);1H. The van der Waals surface area contributed by atoms with Gasteiger partial charge < -0.3 is 15.0 Å². The summed E-state index contributed by atoms with van der Waals surface area (Å²) in [5.74, 6) is 1.28. The summed E-state index contributed by atoms with van der Waals surface area (Å²) in [5.41, 5.74) is 2.09. The molecule has 0 spiro atoms. The molecule has 0 radical (unpaired) electrons. The highest BCUT2D eigenvalue weighted by Gasteiger charge is 2.27. The van der Waals surface area contributed by atoms with Gasteiger partial charge in [0.15, 0.2) is 5.96 Å². The number of nitrogens with zero attached hydrogens (tertiary/aromatic N) is 4. The molecule has 2 heterocycles. The van der Waals surface area contributed by atoms with Crippen molar-refractivity contribution in [3.63, 3.8) is 0 Å². The third kappa shape index (κ3) is 7.15. The lowest BCUT2D eigenvalue weighted by atomic mass is 10.0. The Morgan fingerprint density at radius 3 is 2.88 bits per heavy atom. The van der Waals surface area contributed by atoms with E-state index in [9.17, 15) is 8.42 Å². The number of nitrogens with one attached hydrogen (secondary N) is 2. The quantitative estimate of drug-likeness (QED) is 0.205. The van der Waals surface area contributed by atoms with E-state index in [1.54, 1.807) is 18.2 Å². The second-order valence-electron chi connectivity index (χ2n) is 7.59. The molecule has 1 aliphatic rings. The van der Waals surface area contributed by atoms with E-state index in [2.05, 4.69) is 26.2 Å². The van der Waals surface area contributed by atoms with Crippen LogP contribution in [0.4, 0.5) is 0 Å². The fraction of sp³-hybridized carbons (Fsp3) is 0.524. The highest BCUT2D eigenvalue weighted by molar-refractivity contribution is 14.0. The maximum Gasteiger partial charge on any atom is 0.240 e. The average Bonchev–Trinajstić information content (AvgIpc) is 3.40. The molecule has 1 saturated heterocycles. The smallest absolute Gasteiger partial charge is 0.240 e. The van der Waals surface area contributed by atoms with Gasteiger partial charge in [-0.25, -0.2) is 18.1 Å². The van der Waals surface area contributed by atoms with E-state index in [0.29, 0.717) is 19.1 Å². The minimum Gasteiger partial charge on any atom is -0.383 e. The van der Waals surface area contributed by atoms with Crippen LogP contribution in [0.3, 0.4) is 0 Å². The molecule has 1 aromatic heterocycles. The fourth-order valence-corrected chi connectivity index (χ4v) is 4.72. The van der Waals surface area contributed by atoms with Crippen molar-refractivity contribution >= 4 is 40.0 Å². The van der Waals surface area contributed by atoms with Crippen molar-refractivity contribution < 1.29 is 13.2 Å². The molecule has 0 amide bonds. The zero-order valence-electron chi connectivity index (χ0n) is 18.8. The number of benzene rings is 1. The van der Waals surface area contributed by atoms with Crippen LogP contribution in [0.2, 0.25) is 0 Å². The van der Waals surface area contributed by atoms with Gasteiger partial charge >= 0.3 is 0 Å². The summed E-state index contributed by atoms with van der Waals surface area (Å²) in [7, 11) is -0.0982. The van der Waals surface area contributed by atoms with Crippen molar-refractivity contribution in [3.8, 4) is 0 Å². The number of sulfonamides is 1. The topological polar surface area (TPSA) is 101 Å². The normalized spacial score (nSPS) is 16.8. The maximum atomic E-state index is 12.5. The summed E-state index contributed by atoms with van der Waals surface area (Å²) in [6.07, 6.45) is 5.06. The van der Waals surface area contributed by atoms with Gasteiger partial charge in [0.2, 0.25) is 10.0 Å². The molecule has 0 aliphatic carbocycles. The van der Waals surface area contributed by atoms with Gasteiger partial charge in [-0.2, -0.15) is 5.10 Å². The number of aliphatic imine (C=N–C) groups is 1. The van der Waals surface area contributed by atoms with Gasteiger partial charge in [-0.05, 0) is 36.6 Å². The van der Waals surface area contributed by atoms with Gasteiger partial charge in [-0.15, -0.1) is 24.0 Å². The van der Waals surface area contributed by atoms with Crippen molar-refractivity contribution in [3.05, 3.63) is 47.8 Å². The number of hydrogen-bond acceptors (Lipinski definition) is 5. The van der Waals surface area contributed by atoms with Crippen LogP contribution < -0.4 is 10.0 Å². The van der Waals surface area contributed by atoms with Crippen LogP contribution >= 0.6 is 24.0 Å². The lowest BCUT2D eigenvalue weighted by Gasteiger charge is -2.21. The molecule has 0 saturated carbocycles. The minimum absolute atomic E-state index is 0. The van der Waals surface area contributed by atoms with Crippen LogP contribution in [0.1, 0.15) is 30.4 Å². The Morgan fingerprint density at radius 2 is 2.19 bits per heavy atom. The Morgan fingerprint density at radius 1 is 1.38 bits per heavy atom. The summed E-state index contributed by atoms with van der Waals surface area (Å²) in [4.78, 5) is 7.27. The van der Waals surface area contributed by atoms with Crippen LogP contribution in [0.25, 0.3) is 0 Å². The van der Waals surface area contributed by atoms with Crippen molar-refractivity contribution in [2.75, 3.05) is 39.9 Å². The minimum atomic E-state index is -3.57. The molecule has 1 atom stereocenters. The SMILES string of the molecule is CCNC(=NCc1cccc(S(=O)(=O)NCCOC)c1)N1CCC(c2cnn(C)c2)C1.I. The number of hydrogen-bond donors (Lipinski definition) is 2. The van der Waals surface area contributed by atoms with Crippen molar-refractivity contribution in [2.45, 2.75) is 30.7 Å². The lowest BCUT2D eigenvalue weighted by molar-refractivity contribution is 0.204. The molecule has 0 bridgehead atoms. The fourth-order valence-electron chi connectivity index (χ4n) is 3.64. The largest absolute Gasteiger partial charge is 0.383 e. The predicted octanol–water partition coefficient (Wildman–Crippen LogP) is 1.92. The zero-order valence-corrected chi connectivity index (χ0v) is 22.0. The average molecular weight is 577 g/mol. The Kier molecular flexibility index (Phi) is 10.4. The summed E-state index contributed by atoms with van der Waals surface area (Å²) >= 11 is 0. The third-order valence-electron chi connectivity index (χ3n) is 5.24. The second-order valence-corrected chi connectivity index (χ2v) is 9.35. The number of methoxy groups -OCH3 is 1. The Balaban J connectivity index is 0.00000363. The van der Waals surface area contributed by atoms with Crippen LogP contribution in [0.5, 0.6) is 0 Å². The highest BCUT2D eigenvalue weighted by atomic mass is 127. The van der Waals surface area contributed by atoms with Crippen LogP contribution in [0, 0.1) is 0 Å².